The average Bonchev–Trinajstić information content (AvgIpc) is 3.03. The number of hydrogen-bond donors (Lipinski definition) is 2. The molecule has 1 aliphatic carbocycles. The topological polar surface area (TPSA) is 67.4 Å². The van der Waals surface area contributed by atoms with Gasteiger partial charge in [0.05, 0.1) is 18.7 Å². The molecule has 6 heteroatoms. The Morgan fingerprint density at radius 3 is 2.64 bits per heavy atom. The summed E-state index contributed by atoms with van der Waals surface area (Å²) in [6.45, 7) is 6.59. The molecule has 0 unspecified atom stereocenters. The first kappa shape index (κ1) is 20.4. The fourth-order valence-corrected chi connectivity index (χ4v) is 4.88. The molecule has 1 aromatic heterocycles. The van der Waals surface area contributed by atoms with E-state index in [-0.39, 0.29) is 18.4 Å². The van der Waals surface area contributed by atoms with E-state index in [2.05, 4.69) is 24.5 Å². The maximum atomic E-state index is 12.5. The molecule has 0 fully saturated rings. The van der Waals surface area contributed by atoms with Crippen molar-refractivity contribution in [3.05, 3.63) is 45.8 Å². The van der Waals surface area contributed by atoms with Crippen LogP contribution in [-0.4, -0.2) is 25.0 Å². The van der Waals surface area contributed by atoms with Crippen molar-refractivity contribution < 1.29 is 14.3 Å². The summed E-state index contributed by atoms with van der Waals surface area (Å²) in [6.07, 6.45) is 3.85. The van der Waals surface area contributed by atoms with E-state index >= 15 is 0 Å². The fraction of sp³-hybridized carbons (Fsp3) is 0.455. The SMILES string of the molecule is CCOC(=O)c1c(NC(=O)CNc2ccc(CC)cc2)sc2c1CC[C@@H](C)C2. The van der Waals surface area contributed by atoms with Gasteiger partial charge in [0.1, 0.15) is 5.00 Å². The van der Waals surface area contributed by atoms with Crippen LogP contribution >= 0.6 is 11.3 Å². The standard InChI is InChI=1S/C22H28N2O3S/c1-4-15-7-9-16(10-8-15)23-13-19(25)24-21-20(22(26)27-5-2)17-11-6-14(3)12-18(17)28-21/h7-10,14,23H,4-6,11-13H2,1-3H3,(H,24,25)/t14-/m1/s1. The lowest BCUT2D eigenvalue weighted by Gasteiger charge is -2.18. The van der Waals surface area contributed by atoms with Gasteiger partial charge in [0.2, 0.25) is 5.91 Å². The van der Waals surface area contributed by atoms with Gasteiger partial charge < -0.3 is 15.4 Å². The number of ether oxygens (including phenoxy) is 1. The van der Waals surface area contributed by atoms with E-state index in [0.29, 0.717) is 23.1 Å². The Morgan fingerprint density at radius 2 is 1.96 bits per heavy atom. The van der Waals surface area contributed by atoms with Crippen molar-refractivity contribution in [2.75, 3.05) is 23.8 Å². The molecule has 1 amide bonds. The normalized spacial score (nSPS) is 15.6. The minimum absolute atomic E-state index is 0.146. The van der Waals surface area contributed by atoms with Crippen molar-refractivity contribution in [1.29, 1.82) is 0 Å². The molecule has 0 radical (unpaired) electrons. The van der Waals surface area contributed by atoms with Gasteiger partial charge in [-0.2, -0.15) is 0 Å². The summed E-state index contributed by atoms with van der Waals surface area (Å²) in [5, 5.41) is 6.68. The Balaban J connectivity index is 1.71. The minimum Gasteiger partial charge on any atom is -0.462 e. The molecule has 5 nitrogen and oxygen atoms in total. The van der Waals surface area contributed by atoms with Gasteiger partial charge >= 0.3 is 5.97 Å². The van der Waals surface area contributed by atoms with Gasteiger partial charge in [-0.25, -0.2) is 4.79 Å². The molecule has 0 spiro atoms. The van der Waals surface area contributed by atoms with Crippen molar-refractivity contribution in [2.24, 2.45) is 5.92 Å². The highest BCUT2D eigenvalue weighted by Gasteiger charge is 2.29. The van der Waals surface area contributed by atoms with Crippen LogP contribution in [0.15, 0.2) is 24.3 Å². The third-order valence-electron chi connectivity index (χ3n) is 5.06. The molecule has 3 rings (SSSR count). The molecule has 2 N–H and O–H groups in total. The van der Waals surface area contributed by atoms with E-state index in [9.17, 15) is 9.59 Å². The second kappa shape index (κ2) is 9.24. The van der Waals surface area contributed by atoms with Gasteiger partial charge in [0.25, 0.3) is 0 Å². The molecule has 2 aromatic rings. The summed E-state index contributed by atoms with van der Waals surface area (Å²) in [6, 6.07) is 8.05. The second-order valence-corrected chi connectivity index (χ2v) is 8.33. The van der Waals surface area contributed by atoms with E-state index in [4.69, 9.17) is 4.74 Å². The zero-order chi connectivity index (χ0) is 20.1. The average molecular weight is 401 g/mol. The van der Waals surface area contributed by atoms with Gasteiger partial charge in [-0.3, -0.25) is 4.79 Å². The lowest BCUT2D eigenvalue weighted by atomic mass is 9.88. The third-order valence-corrected chi connectivity index (χ3v) is 6.23. The number of fused-ring (bicyclic) bond motifs is 1. The van der Waals surface area contributed by atoms with Crippen molar-refractivity contribution in [3.63, 3.8) is 0 Å². The van der Waals surface area contributed by atoms with Crippen LogP contribution in [0.4, 0.5) is 10.7 Å². The van der Waals surface area contributed by atoms with Crippen molar-refractivity contribution in [3.8, 4) is 0 Å². The molecule has 28 heavy (non-hydrogen) atoms. The van der Waals surface area contributed by atoms with E-state index in [0.717, 1.165) is 36.9 Å². The number of nitrogens with one attached hydrogen (secondary N) is 2. The number of esters is 1. The number of hydrogen-bond acceptors (Lipinski definition) is 5. The van der Waals surface area contributed by atoms with Crippen molar-refractivity contribution >= 4 is 33.9 Å². The molecule has 1 aliphatic rings. The van der Waals surface area contributed by atoms with E-state index < -0.39 is 0 Å². The van der Waals surface area contributed by atoms with Crippen molar-refractivity contribution in [2.45, 2.75) is 46.5 Å². The second-order valence-electron chi connectivity index (χ2n) is 7.23. The Bertz CT molecular complexity index is 842. The highest BCUT2D eigenvalue weighted by Crippen LogP contribution is 2.40. The molecule has 0 saturated heterocycles. The predicted molar refractivity (Wildman–Crippen MR) is 114 cm³/mol. The summed E-state index contributed by atoms with van der Waals surface area (Å²) in [4.78, 5) is 26.2. The molecule has 1 atom stereocenters. The molecule has 0 bridgehead atoms. The molecule has 0 aliphatic heterocycles. The van der Waals surface area contributed by atoms with Crippen LogP contribution in [0.3, 0.4) is 0 Å². The molecule has 0 saturated carbocycles. The van der Waals surface area contributed by atoms with Crippen LogP contribution in [0.25, 0.3) is 0 Å². The Hall–Kier alpha value is -2.34. The predicted octanol–water partition coefficient (Wildman–Crippen LogP) is 4.66. The van der Waals surface area contributed by atoms with E-state index in [1.807, 2.05) is 24.3 Å². The zero-order valence-electron chi connectivity index (χ0n) is 16.8. The highest BCUT2D eigenvalue weighted by atomic mass is 32.1. The maximum absolute atomic E-state index is 12.5. The van der Waals surface area contributed by atoms with Crippen molar-refractivity contribution in [1.82, 2.24) is 0 Å². The Morgan fingerprint density at radius 1 is 1.21 bits per heavy atom. The summed E-state index contributed by atoms with van der Waals surface area (Å²) in [5.41, 5.74) is 3.76. The lowest BCUT2D eigenvalue weighted by Crippen LogP contribution is -2.22. The van der Waals surface area contributed by atoms with Crippen LogP contribution in [0, 0.1) is 5.92 Å². The number of carbonyl (C=O) groups is 2. The van der Waals surface area contributed by atoms with Gasteiger partial charge in [-0.15, -0.1) is 11.3 Å². The van der Waals surface area contributed by atoms with Gasteiger partial charge in [-0.05, 0) is 61.8 Å². The van der Waals surface area contributed by atoms with E-state index in [1.165, 1.54) is 21.8 Å². The summed E-state index contributed by atoms with van der Waals surface area (Å²) in [5.74, 6) is 0.0854. The minimum atomic E-state index is -0.340. The Labute approximate surface area is 170 Å². The number of thiophene rings is 1. The maximum Gasteiger partial charge on any atom is 0.341 e. The van der Waals surface area contributed by atoms with Crippen LogP contribution in [0.1, 0.15) is 53.6 Å². The first-order valence-corrected chi connectivity index (χ1v) is 10.8. The number of benzene rings is 1. The zero-order valence-corrected chi connectivity index (χ0v) is 17.6. The number of rotatable bonds is 7. The fourth-order valence-electron chi connectivity index (χ4n) is 3.47. The molecular weight excluding hydrogens is 372 g/mol. The van der Waals surface area contributed by atoms with E-state index in [1.54, 1.807) is 6.92 Å². The molecular formula is C22H28N2O3S. The summed E-state index contributed by atoms with van der Waals surface area (Å²) < 4.78 is 5.25. The smallest absolute Gasteiger partial charge is 0.341 e. The quantitative estimate of drug-likeness (QED) is 0.663. The number of aryl methyl sites for hydroxylation is 1. The largest absolute Gasteiger partial charge is 0.462 e. The number of carbonyl (C=O) groups excluding carboxylic acids is 2. The van der Waals surface area contributed by atoms with Crippen LogP contribution in [0.5, 0.6) is 0 Å². The monoisotopic (exact) mass is 400 g/mol. The van der Waals surface area contributed by atoms with Gasteiger partial charge in [-0.1, -0.05) is 26.0 Å². The molecule has 1 aromatic carbocycles. The third kappa shape index (κ3) is 4.73. The number of anilines is 2. The van der Waals surface area contributed by atoms with Gasteiger partial charge in [0, 0.05) is 10.6 Å². The Kier molecular flexibility index (Phi) is 6.73. The summed E-state index contributed by atoms with van der Waals surface area (Å²) >= 11 is 1.51. The van der Waals surface area contributed by atoms with Crippen LogP contribution < -0.4 is 10.6 Å². The van der Waals surface area contributed by atoms with Crippen LogP contribution in [-0.2, 0) is 28.8 Å². The highest BCUT2D eigenvalue weighted by molar-refractivity contribution is 7.17. The number of amides is 1. The van der Waals surface area contributed by atoms with Gasteiger partial charge in [0.15, 0.2) is 0 Å². The lowest BCUT2D eigenvalue weighted by molar-refractivity contribution is -0.114. The van der Waals surface area contributed by atoms with Crippen LogP contribution in [0.2, 0.25) is 0 Å². The summed E-state index contributed by atoms with van der Waals surface area (Å²) in [7, 11) is 0. The first-order valence-electron chi connectivity index (χ1n) is 9.96. The molecule has 150 valence electrons. The molecule has 1 heterocycles. The first-order chi connectivity index (χ1) is 13.5.